The molecule has 2 atom stereocenters. The largest absolute Gasteiger partial charge is 0.353 e. The SMILES string of the molecule is CC1CC(NC(=O)CCNC(=O)NC23CC4CC(CC(C4)C2)C3)CCN1.Cl. The van der Waals surface area contributed by atoms with Gasteiger partial charge in [0.2, 0.25) is 5.91 Å². The normalized spacial score (nSPS) is 39.4. The average molecular weight is 399 g/mol. The van der Waals surface area contributed by atoms with Gasteiger partial charge in [0.1, 0.15) is 0 Å². The molecule has 0 aromatic carbocycles. The van der Waals surface area contributed by atoms with E-state index in [1.54, 1.807) is 0 Å². The Labute approximate surface area is 168 Å². The molecule has 4 saturated carbocycles. The number of rotatable bonds is 5. The summed E-state index contributed by atoms with van der Waals surface area (Å²) < 4.78 is 0. The van der Waals surface area contributed by atoms with E-state index in [-0.39, 0.29) is 35.9 Å². The van der Waals surface area contributed by atoms with Crippen LogP contribution in [0.4, 0.5) is 4.79 Å². The Morgan fingerprint density at radius 2 is 1.67 bits per heavy atom. The average Bonchev–Trinajstić information content (AvgIpc) is 2.52. The molecule has 6 nitrogen and oxygen atoms in total. The van der Waals surface area contributed by atoms with Gasteiger partial charge in [-0.1, -0.05) is 0 Å². The summed E-state index contributed by atoms with van der Waals surface area (Å²) in [6.45, 7) is 3.51. The molecule has 3 amide bonds. The molecule has 1 aliphatic heterocycles. The molecule has 1 saturated heterocycles. The van der Waals surface area contributed by atoms with Gasteiger partial charge in [0.05, 0.1) is 0 Å². The van der Waals surface area contributed by atoms with Crippen LogP contribution in [0, 0.1) is 17.8 Å². The molecule has 0 aromatic heterocycles. The fourth-order valence-corrected chi connectivity index (χ4v) is 6.40. The lowest BCUT2D eigenvalue weighted by Crippen LogP contribution is -2.61. The minimum Gasteiger partial charge on any atom is -0.353 e. The number of nitrogens with one attached hydrogen (secondary N) is 4. The highest BCUT2D eigenvalue weighted by Gasteiger charge is 2.51. The number of amides is 3. The summed E-state index contributed by atoms with van der Waals surface area (Å²) in [6, 6.07) is 0.632. The lowest BCUT2D eigenvalue weighted by molar-refractivity contribution is -0.121. The van der Waals surface area contributed by atoms with Gasteiger partial charge in [0, 0.05) is 30.6 Å². The van der Waals surface area contributed by atoms with Crippen molar-refractivity contribution >= 4 is 24.3 Å². The van der Waals surface area contributed by atoms with Gasteiger partial charge < -0.3 is 21.3 Å². The van der Waals surface area contributed by atoms with E-state index in [0.29, 0.717) is 19.0 Å². The van der Waals surface area contributed by atoms with Gasteiger partial charge >= 0.3 is 6.03 Å². The Bertz CT molecular complexity index is 521. The van der Waals surface area contributed by atoms with Crippen molar-refractivity contribution in [3.63, 3.8) is 0 Å². The summed E-state index contributed by atoms with van der Waals surface area (Å²) in [4.78, 5) is 24.5. The molecule has 5 aliphatic rings. The third-order valence-corrected chi connectivity index (χ3v) is 7.04. The second kappa shape index (κ2) is 8.56. The summed E-state index contributed by atoms with van der Waals surface area (Å²) in [7, 11) is 0. The van der Waals surface area contributed by atoms with E-state index >= 15 is 0 Å². The van der Waals surface area contributed by atoms with Crippen molar-refractivity contribution in [1.82, 2.24) is 21.3 Å². The van der Waals surface area contributed by atoms with Crippen LogP contribution in [-0.4, -0.2) is 42.7 Å². The minimum absolute atomic E-state index is 0. The molecule has 1 heterocycles. The minimum atomic E-state index is -0.0877. The zero-order valence-corrected chi connectivity index (χ0v) is 17.2. The smallest absolute Gasteiger partial charge is 0.315 e. The Balaban J connectivity index is 0.00000210. The molecule has 4 aliphatic carbocycles. The molecule has 7 heteroatoms. The van der Waals surface area contributed by atoms with Crippen LogP contribution in [0.2, 0.25) is 0 Å². The third-order valence-electron chi connectivity index (χ3n) is 7.04. The Kier molecular flexibility index (Phi) is 6.57. The quantitative estimate of drug-likeness (QED) is 0.573. The standard InChI is InChI=1S/C20H34N4O2.ClH/c1-13-6-17(2-4-21-13)23-18(25)3-5-22-19(26)24-20-10-14-7-15(11-20)9-16(8-14)12-20;/h13-17,21H,2-12H2,1H3,(H,23,25)(H2,22,24,26);1H. The number of carbonyl (C=O) groups excluding carboxylic acids is 2. The number of hydrogen-bond acceptors (Lipinski definition) is 3. The summed E-state index contributed by atoms with van der Waals surface area (Å²) in [5.74, 6) is 2.50. The zero-order chi connectivity index (χ0) is 18.1. The van der Waals surface area contributed by atoms with Crippen LogP contribution >= 0.6 is 12.4 Å². The van der Waals surface area contributed by atoms with Gasteiger partial charge in [-0.2, -0.15) is 0 Å². The maximum absolute atomic E-state index is 12.4. The lowest BCUT2D eigenvalue weighted by Gasteiger charge is -2.56. The van der Waals surface area contributed by atoms with E-state index in [1.807, 2.05) is 0 Å². The first-order valence-corrected chi connectivity index (χ1v) is 10.6. The number of piperidine rings is 1. The molecule has 4 bridgehead atoms. The van der Waals surface area contributed by atoms with E-state index < -0.39 is 0 Å². The highest BCUT2D eigenvalue weighted by Crippen LogP contribution is 2.55. The first-order valence-electron chi connectivity index (χ1n) is 10.6. The van der Waals surface area contributed by atoms with Gasteiger partial charge in [-0.25, -0.2) is 4.79 Å². The number of hydrogen-bond donors (Lipinski definition) is 4. The maximum Gasteiger partial charge on any atom is 0.315 e. The molecule has 27 heavy (non-hydrogen) atoms. The fraction of sp³-hybridized carbons (Fsp3) is 0.900. The Morgan fingerprint density at radius 3 is 2.26 bits per heavy atom. The molecule has 154 valence electrons. The van der Waals surface area contributed by atoms with Crippen molar-refractivity contribution in [3.8, 4) is 0 Å². The predicted molar refractivity (Wildman–Crippen MR) is 108 cm³/mol. The Morgan fingerprint density at radius 1 is 1.04 bits per heavy atom. The van der Waals surface area contributed by atoms with Gasteiger partial charge in [-0.15, -0.1) is 12.4 Å². The van der Waals surface area contributed by atoms with E-state index in [1.165, 1.54) is 19.3 Å². The van der Waals surface area contributed by atoms with Crippen LogP contribution < -0.4 is 21.3 Å². The van der Waals surface area contributed by atoms with Crippen molar-refractivity contribution in [1.29, 1.82) is 0 Å². The molecular formula is C20H35ClN4O2. The molecule has 0 radical (unpaired) electrons. The van der Waals surface area contributed by atoms with Crippen molar-refractivity contribution in [2.24, 2.45) is 17.8 Å². The Hall–Kier alpha value is -1.01. The number of urea groups is 1. The fourth-order valence-electron chi connectivity index (χ4n) is 6.40. The number of carbonyl (C=O) groups is 2. The third kappa shape index (κ3) is 5.08. The van der Waals surface area contributed by atoms with Gasteiger partial charge in [-0.3, -0.25) is 4.79 Å². The van der Waals surface area contributed by atoms with E-state index in [2.05, 4.69) is 28.2 Å². The molecule has 5 fully saturated rings. The highest BCUT2D eigenvalue weighted by atomic mass is 35.5. The van der Waals surface area contributed by atoms with E-state index in [0.717, 1.165) is 56.4 Å². The van der Waals surface area contributed by atoms with Crippen LogP contribution in [0.15, 0.2) is 0 Å². The van der Waals surface area contributed by atoms with Crippen molar-refractivity contribution in [2.75, 3.05) is 13.1 Å². The molecular weight excluding hydrogens is 364 g/mol. The topological polar surface area (TPSA) is 82.3 Å². The van der Waals surface area contributed by atoms with E-state index in [4.69, 9.17) is 0 Å². The molecule has 0 spiro atoms. The van der Waals surface area contributed by atoms with Crippen molar-refractivity contribution in [3.05, 3.63) is 0 Å². The van der Waals surface area contributed by atoms with Gasteiger partial charge in [-0.05, 0) is 82.6 Å². The number of halogens is 1. The molecule has 4 N–H and O–H groups in total. The second-order valence-corrected chi connectivity index (χ2v) is 9.47. The lowest BCUT2D eigenvalue weighted by atomic mass is 9.53. The highest BCUT2D eigenvalue weighted by molar-refractivity contribution is 5.85. The van der Waals surface area contributed by atoms with Crippen LogP contribution in [0.5, 0.6) is 0 Å². The van der Waals surface area contributed by atoms with Crippen LogP contribution in [-0.2, 0) is 4.79 Å². The maximum atomic E-state index is 12.4. The summed E-state index contributed by atoms with van der Waals surface area (Å²) >= 11 is 0. The van der Waals surface area contributed by atoms with Crippen LogP contribution in [0.25, 0.3) is 0 Å². The van der Waals surface area contributed by atoms with Crippen LogP contribution in [0.1, 0.15) is 64.7 Å². The van der Waals surface area contributed by atoms with Crippen molar-refractivity contribution in [2.45, 2.75) is 82.3 Å². The summed E-state index contributed by atoms with van der Waals surface area (Å²) in [5.41, 5.74) is 0.0341. The van der Waals surface area contributed by atoms with E-state index in [9.17, 15) is 9.59 Å². The molecule has 5 rings (SSSR count). The first kappa shape index (κ1) is 20.7. The zero-order valence-electron chi connectivity index (χ0n) is 16.4. The van der Waals surface area contributed by atoms with Crippen molar-refractivity contribution < 1.29 is 9.59 Å². The summed E-state index contributed by atoms with van der Waals surface area (Å²) in [6.07, 6.45) is 9.89. The van der Waals surface area contributed by atoms with Gasteiger partial charge in [0.25, 0.3) is 0 Å². The van der Waals surface area contributed by atoms with Crippen LogP contribution in [0.3, 0.4) is 0 Å². The first-order chi connectivity index (χ1) is 12.5. The molecule has 0 aromatic rings. The monoisotopic (exact) mass is 398 g/mol. The molecule has 2 unspecified atom stereocenters. The van der Waals surface area contributed by atoms with Gasteiger partial charge in [0.15, 0.2) is 0 Å². The predicted octanol–water partition coefficient (Wildman–Crippen LogP) is 2.32. The summed E-state index contributed by atoms with van der Waals surface area (Å²) in [5, 5.41) is 12.7. The second-order valence-electron chi connectivity index (χ2n) is 9.47.